The van der Waals surface area contributed by atoms with Crippen LogP contribution in [0.1, 0.15) is 51.0 Å². The standard InChI is InChI=1S/C21H30N2O3/c1-16-9-10-20(26-3)19(15-16)22-21(25)12-14-23(17(2)24)13-11-18-7-5-4-6-8-18/h7,9-10,15H,4-6,8,11-14H2,1-3H3,(H,22,25). The van der Waals surface area contributed by atoms with Gasteiger partial charge in [0.05, 0.1) is 12.8 Å². The second-order valence-electron chi connectivity index (χ2n) is 6.87. The molecule has 0 bridgehead atoms. The summed E-state index contributed by atoms with van der Waals surface area (Å²) >= 11 is 0. The van der Waals surface area contributed by atoms with Gasteiger partial charge in [-0.1, -0.05) is 17.7 Å². The maximum Gasteiger partial charge on any atom is 0.226 e. The number of nitrogens with one attached hydrogen (secondary N) is 1. The second-order valence-corrected chi connectivity index (χ2v) is 6.87. The third-order valence-electron chi connectivity index (χ3n) is 4.77. The first-order valence-electron chi connectivity index (χ1n) is 9.37. The van der Waals surface area contributed by atoms with E-state index in [-0.39, 0.29) is 18.2 Å². The molecule has 142 valence electrons. The number of ether oxygens (including phenoxy) is 1. The summed E-state index contributed by atoms with van der Waals surface area (Å²) in [4.78, 5) is 26.0. The molecule has 1 aliphatic rings. The van der Waals surface area contributed by atoms with Crippen molar-refractivity contribution in [2.75, 3.05) is 25.5 Å². The van der Waals surface area contributed by atoms with Gasteiger partial charge in [-0.05, 0) is 56.7 Å². The average Bonchev–Trinajstić information content (AvgIpc) is 2.62. The number of nitrogens with zero attached hydrogens (tertiary/aromatic N) is 1. The van der Waals surface area contributed by atoms with Crippen molar-refractivity contribution in [1.29, 1.82) is 0 Å². The SMILES string of the molecule is COc1ccc(C)cc1NC(=O)CCN(CCC1=CCCCC1)C(C)=O. The molecular formula is C21H30N2O3. The minimum atomic E-state index is -0.114. The lowest BCUT2D eigenvalue weighted by Crippen LogP contribution is -2.33. The molecule has 2 rings (SSSR count). The Morgan fingerprint density at radius 3 is 2.69 bits per heavy atom. The molecule has 1 aromatic rings. The van der Waals surface area contributed by atoms with Crippen molar-refractivity contribution in [2.45, 2.75) is 52.4 Å². The first-order chi connectivity index (χ1) is 12.5. The lowest BCUT2D eigenvalue weighted by molar-refractivity contribution is -0.129. The van der Waals surface area contributed by atoms with Crippen LogP contribution in [0.2, 0.25) is 0 Å². The fourth-order valence-corrected chi connectivity index (χ4v) is 3.21. The molecule has 0 atom stereocenters. The molecule has 26 heavy (non-hydrogen) atoms. The van der Waals surface area contributed by atoms with E-state index in [2.05, 4.69) is 11.4 Å². The third-order valence-corrected chi connectivity index (χ3v) is 4.77. The maximum atomic E-state index is 12.3. The number of aryl methyl sites for hydroxylation is 1. The summed E-state index contributed by atoms with van der Waals surface area (Å²) in [5.41, 5.74) is 3.16. The summed E-state index contributed by atoms with van der Waals surface area (Å²) in [6.45, 7) is 4.65. The minimum Gasteiger partial charge on any atom is -0.495 e. The molecule has 0 saturated heterocycles. The van der Waals surface area contributed by atoms with E-state index in [1.54, 1.807) is 18.9 Å². The lowest BCUT2D eigenvalue weighted by atomic mass is 9.97. The molecule has 0 aromatic heterocycles. The third kappa shape index (κ3) is 6.21. The molecule has 1 aromatic carbocycles. The number of methoxy groups -OCH3 is 1. The van der Waals surface area contributed by atoms with E-state index in [0.717, 1.165) is 24.8 Å². The Labute approximate surface area is 156 Å². The van der Waals surface area contributed by atoms with Gasteiger partial charge in [0.2, 0.25) is 11.8 Å². The van der Waals surface area contributed by atoms with Gasteiger partial charge in [0.15, 0.2) is 0 Å². The maximum absolute atomic E-state index is 12.3. The van der Waals surface area contributed by atoms with Gasteiger partial charge in [-0.15, -0.1) is 0 Å². The van der Waals surface area contributed by atoms with Crippen molar-refractivity contribution >= 4 is 17.5 Å². The molecule has 0 unspecified atom stereocenters. The van der Waals surface area contributed by atoms with Crippen molar-refractivity contribution in [2.24, 2.45) is 0 Å². The van der Waals surface area contributed by atoms with Gasteiger partial charge in [0.1, 0.15) is 5.75 Å². The zero-order valence-electron chi connectivity index (χ0n) is 16.1. The topological polar surface area (TPSA) is 58.6 Å². The van der Waals surface area contributed by atoms with Crippen molar-refractivity contribution in [3.05, 3.63) is 35.4 Å². The predicted molar refractivity (Wildman–Crippen MR) is 104 cm³/mol. The molecular weight excluding hydrogens is 328 g/mol. The van der Waals surface area contributed by atoms with E-state index in [4.69, 9.17) is 4.74 Å². The Bertz CT molecular complexity index is 667. The van der Waals surface area contributed by atoms with Crippen LogP contribution < -0.4 is 10.1 Å². The van der Waals surface area contributed by atoms with Gasteiger partial charge in [-0.25, -0.2) is 0 Å². The summed E-state index contributed by atoms with van der Waals surface area (Å²) in [6.07, 6.45) is 8.28. The van der Waals surface area contributed by atoms with Gasteiger partial charge in [0, 0.05) is 26.4 Å². The van der Waals surface area contributed by atoms with Crippen LogP contribution in [0.15, 0.2) is 29.8 Å². The molecule has 0 heterocycles. The summed E-state index contributed by atoms with van der Waals surface area (Å²) in [6, 6.07) is 5.66. The molecule has 0 radical (unpaired) electrons. The largest absolute Gasteiger partial charge is 0.495 e. The summed E-state index contributed by atoms with van der Waals surface area (Å²) < 4.78 is 5.29. The summed E-state index contributed by atoms with van der Waals surface area (Å²) in [7, 11) is 1.58. The van der Waals surface area contributed by atoms with Crippen LogP contribution in [-0.2, 0) is 9.59 Å². The number of anilines is 1. The molecule has 2 amide bonds. The number of benzene rings is 1. The van der Waals surface area contributed by atoms with Crippen molar-refractivity contribution in [3.63, 3.8) is 0 Å². The predicted octanol–water partition coefficient (Wildman–Crippen LogP) is 4.07. The Morgan fingerprint density at radius 1 is 1.23 bits per heavy atom. The van der Waals surface area contributed by atoms with E-state index < -0.39 is 0 Å². The van der Waals surface area contributed by atoms with Crippen LogP contribution in [0.3, 0.4) is 0 Å². The number of carbonyl (C=O) groups is 2. The first-order valence-corrected chi connectivity index (χ1v) is 9.37. The fraction of sp³-hybridized carbons (Fsp3) is 0.524. The van der Waals surface area contributed by atoms with Gasteiger partial charge >= 0.3 is 0 Å². The number of hydrogen-bond donors (Lipinski definition) is 1. The van der Waals surface area contributed by atoms with Gasteiger partial charge in [0.25, 0.3) is 0 Å². The minimum absolute atomic E-state index is 0.0161. The van der Waals surface area contributed by atoms with E-state index in [1.165, 1.54) is 18.4 Å². The summed E-state index contributed by atoms with van der Waals surface area (Å²) in [5.74, 6) is 0.538. The van der Waals surface area contributed by atoms with Gasteiger partial charge < -0.3 is 15.0 Å². The van der Waals surface area contributed by atoms with Crippen molar-refractivity contribution < 1.29 is 14.3 Å². The Hall–Kier alpha value is -2.30. The van der Waals surface area contributed by atoms with E-state index in [1.807, 2.05) is 25.1 Å². The van der Waals surface area contributed by atoms with Crippen LogP contribution in [0.4, 0.5) is 5.69 Å². The van der Waals surface area contributed by atoms with E-state index in [0.29, 0.717) is 24.5 Å². The van der Waals surface area contributed by atoms with E-state index in [9.17, 15) is 9.59 Å². The molecule has 0 aliphatic heterocycles. The quantitative estimate of drug-likeness (QED) is 0.713. The highest BCUT2D eigenvalue weighted by Crippen LogP contribution is 2.25. The van der Waals surface area contributed by atoms with Crippen LogP contribution in [-0.4, -0.2) is 36.9 Å². The highest BCUT2D eigenvalue weighted by molar-refractivity contribution is 5.92. The molecule has 5 heteroatoms. The van der Waals surface area contributed by atoms with Crippen LogP contribution in [0, 0.1) is 6.92 Å². The molecule has 0 saturated carbocycles. The van der Waals surface area contributed by atoms with Crippen LogP contribution >= 0.6 is 0 Å². The van der Waals surface area contributed by atoms with Crippen molar-refractivity contribution in [3.8, 4) is 5.75 Å². The molecule has 1 aliphatic carbocycles. The number of amides is 2. The summed E-state index contributed by atoms with van der Waals surface area (Å²) in [5, 5.41) is 2.89. The highest BCUT2D eigenvalue weighted by Gasteiger charge is 2.14. The zero-order valence-corrected chi connectivity index (χ0v) is 16.1. The average molecular weight is 358 g/mol. The molecule has 0 spiro atoms. The number of allylic oxidation sites excluding steroid dienone is 1. The van der Waals surface area contributed by atoms with Crippen LogP contribution in [0.5, 0.6) is 5.75 Å². The Kier molecular flexibility index (Phi) is 7.70. The highest BCUT2D eigenvalue weighted by atomic mass is 16.5. The van der Waals surface area contributed by atoms with Crippen molar-refractivity contribution in [1.82, 2.24) is 4.90 Å². The molecule has 0 fully saturated rings. The van der Waals surface area contributed by atoms with Gasteiger partial charge in [-0.3, -0.25) is 9.59 Å². The Morgan fingerprint density at radius 2 is 2.04 bits per heavy atom. The smallest absolute Gasteiger partial charge is 0.226 e. The fourth-order valence-electron chi connectivity index (χ4n) is 3.21. The number of carbonyl (C=O) groups excluding carboxylic acids is 2. The van der Waals surface area contributed by atoms with Gasteiger partial charge in [-0.2, -0.15) is 0 Å². The zero-order chi connectivity index (χ0) is 18.9. The number of rotatable bonds is 8. The van der Waals surface area contributed by atoms with E-state index >= 15 is 0 Å². The monoisotopic (exact) mass is 358 g/mol. The lowest BCUT2D eigenvalue weighted by Gasteiger charge is -2.22. The second kappa shape index (κ2) is 10.00. The first kappa shape index (κ1) is 20.0. The molecule has 5 nitrogen and oxygen atoms in total. The number of hydrogen-bond acceptors (Lipinski definition) is 3. The molecule has 1 N–H and O–H groups in total. The normalized spacial score (nSPS) is 13.7. The Balaban J connectivity index is 1.86. The van der Waals surface area contributed by atoms with Crippen LogP contribution in [0.25, 0.3) is 0 Å².